The first-order valence-corrected chi connectivity index (χ1v) is 6.35. The topological polar surface area (TPSA) is 51.0 Å². The van der Waals surface area contributed by atoms with Crippen LogP contribution in [0.1, 0.15) is 29.8 Å². The molecule has 18 heavy (non-hydrogen) atoms. The summed E-state index contributed by atoms with van der Waals surface area (Å²) in [6, 6.07) is 8.38. The molecule has 0 spiro atoms. The van der Waals surface area contributed by atoms with Crippen LogP contribution in [0.4, 0.5) is 0 Å². The van der Waals surface area contributed by atoms with E-state index in [4.69, 9.17) is 4.42 Å². The van der Waals surface area contributed by atoms with Crippen molar-refractivity contribution in [2.45, 2.75) is 26.7 Å². The first-order chi connectivity index (χ1) is 8.78. The molecule has 0 bridgehead atoms. The van der Waals surface area contributed by atoms with E-state index in [0.29, 0.717) is 18.2 Å². The van der Waals surface area contributed by atoms with Crippen LogP contribution in [0.2, 0.25) is 0 Å². The van der Waals surface area contributed by atoms with Crippen LogP contribution in [-0.2, 0) is 12.8 Å². The van der Waals surface area contributed by atoms with Gasteiger partial charge in [-0.3, -0.25) is 0 Å². The van der Waals surface area contributed by atoms with Gasteiger partial charge in [0.1, 0.15) is 0 Å². The zero-order chi connectivity index (χ0) is 12.8. The van der Waals surface area contributed by atoms with Crippen LogP contribution < -0.4 is 5.32 Å². The molecule has 0 amide bonds. The largest absolute Gasteiger partial charge is 0.425 e. The number of nitrogens with one attached hydrogen (secondary N) is 1. The molecule has 96 valence electrons. The molecule has 0 atom stereocenters. The Hall–Kier alpha value is -1.68. The lowest BCUT2D eigenvalue weighted by molar-refractivity contribution is 0.452. The Morgan fingerprint density at radius 3 is 2.56 bits per heavy atom. The van der Waals surface area contributed by atoms with Crippen LogP contribution in [-0.4, -0.2) is 23.3 Å². The second kappa shape index (κ2) is 6.31. The normalized spacial score (nSPS) is 10.8. The van der Waals surface area contributed by atoms with Crippen molar-refractivity contribution in [3.05, 3.63) is 47.2 Å². The van der Waals surface area contributed by atoms with E-state index in [1.165, 1.54) is 11.1 Å². The van der Waals surface area contributed by atoms with Gasteiger partial charge in [-0.2, -0.15) is 0 Å². The zero-order valence-corrected chi connectivity index (χ0v) is 10.9. The van der Waals surface area contributed by atoms with Crippen LogP contribution >= 0.6 is 0 Å². The van der Waals surface area contributed by atoms with Crippen LogP contribution in [0, 0.1) is 6.92 Å². The van der Waals surface area contributed by atoms with Crippen LogP contribution in [0.5, 0.6) is 0 Å². The van der Waals surface area contributed by atoms with Gasteiger partial charge >= 0.3 is 0 Å². The van der Waals surface area contributed by atoms with Gasteiger partial charge in [-0.1, -0.05) is 36.8 Å². The monoisotopic (exact) mass is 245 g/mol. The van der Waals surface area contributed by atoms with E-state index in [9.17, 15) is 0 Å². The molecule has 2 rings (SSSR count). The molecule has 1 aromatic heterocycles. The van der Waals surface area contributed by atoms with Gasteiger partial charge in [-0.25, -0.2) is 0 Å². The average Bonchev–Trinajstić information content (AvgIpc) is 2.80. The van der Waals surface area contributed by atoms with Gasteiger partial charge in [-0.05, 0) is 19.0 Å². The number of aromatic nitrogens is 2. The molecule has 1 aromatic carbocycles. The van der Waals surface area contributed by atoms with E-state index in [1.807, 2.05) is 0 Å². The molecular formula is C14H19N3O. The number of likely N-dealkylation sites (N-methyl/N-ethyl adjacent to an activating group) is 1. The number of aryl methyl sites for hydroxylation is 1. The molecule has 1 N–H and O–H groups in total. The maximum atomic E-state index is 5.60. The minimum atomic E-state index is 0.686. The lowest BCUT2D eigenvalue weighted by atomic mass is 10.1. The Bertz CT molecular complexity index is 476. The van der Waals surface area contributed by atoms with E-state index < -0.39 is 0 Å². The van der Waals surface area contributed by atoms with E-state index in [1.54, 1.807) is 0 Å². The molecule has 0 fully saturated rings. The molecule has 0 aliphatic carbocycles. The summed E-state index contributed by atoms with van der Waals surface area (Å²) in [5, 5.41) is 11.3. The summed E-state index contributed by atoms with van der Waals surface area (Å²) in [5.74, 6) is 1.39. The number of hydrogen-bond acceptors (Lipinski definition) is 4. The maximum Gasteiger partial charge on any atom is 0.220 e. The van der Waals surface area contributed by atoms with Gasteiger partial charge in [0.05, 0.1) is 6.42 Å². The smallest absolute Gasteiger partial charge is 0.220 e. The van der Waals surface area contributed by atoms with Gasteiger partial charge in [0.2, 0.25) is 11.8 Å². The maximum absolute atomic E-state index is 5.60. The Labute approximate surface area is 107 Å². The minimum Gasteiger partial charge on any atom is -0.425 e. The van der Waals surface area contributed by atoms with Crippen LogP contribution in [0.25, 0.3) is 0 Å². The Kier molecular flexibility index (Phi) is 4.47. The molecule has 4 nitrogen and oxygen atoms in total. The summed E-state index contributed by atoms with van der Waals surface area (Å²) in [5.41, 5.74) is 2.46. The first-order valence-electron chi connectivity index (χ1n) is 6.35. The number of rotatable bonds is 6. The lowest BCUT2D eigenvalue weighted by Crippen LogP contribution is -2.16. The summed E-state index contributed by atoms with van der Waals surface area (Å²) in [4.78, 5) is 0. The second-order valence-corrected chi connectivity index (χ2v) is 4.36. The van der Waals surface area contributed by atoms with Gasteiger partial charge < -0.3 is 9.73 Å². The molecule has 0 radical (unpaired) electrons. The molecule has 0 saturated carbocycles. The molecule has 0 aliphatic heterocycles. The van der Waals surface area contributed by atoms with Crippen molar-refractivity contribution in [1.29, 1.82) is 0 Å². The third kappa shape index (κ3) is 3.67. The third-order valence-electron chi connectivity index (χ3n) is 2.75. The van der Waals surface area contributed by atoms with Crippen molar-refractivity contribution in [3.63, 3.8) is 0 Å². The average molecular weight is 245 g/mol. The fourth-order valence-electron chi connectivity index (χ4n) is 1.71. The Morgan fingerprint density at radius 1 is 1.11 bits per heavy atom. The van der Waals surface area contributed by atoms with Gasteiger partial charge in [0.25, 0.3) is 0 Å². The number of hydrogen-bond donors (Lipinski definition) is 1. The van der Waals surface area contributed by atoms with Crippen LogP contribution in [0.3, 0.4) is 0 Å². The van der Waals surface area contributed by atoms with Crippen molar-refractivity contribution in [1.82, 2.24) is 15.5 Å². The highest BCUT2D eigenvalue weighted by atomic mass is 16.4. The van der Waals surface area contributed by atoms with Crippen LogP contribution in [0.15, 0.2) is 28.7 Å². The SMILES string of the molecule is CCNCCc1nnc(Cc2ccc(C)cc2)o1. The molecule has 1 heterocycles. The first kappa shape index (κ1) is 12.8. The predicted molar refractivity (Wildman–Crippen MR) is 70.5 cm³/mol. The minimum absolute atomic E-state index is 0.686. The van der Waals surface area contributed by atoms with E-state index >= 15 is 0 Å². The quantitative estimate of drug-likeness (QED) is 0.792. The summed E-state index contributed by atoms with van der Waals surface area (Å²) in [7, 11) is 0. The van der Waals surface area contributed by atoms with Crippen molar-refractivity contribution in [2.75, 3.05) is 13.1 Å². The van der Waals surface area contributed by atoms with E-state index in [-0.39, 0.29) is 0 Å². The fourth-order valence-corrected chi connectivity index (χ4v) is 1.71. The molecule has 2 aromatic rings. The van der Waals surface area contributed by atoms with Gasteiger partial charge in [0, 0.05) is 13.0 Å². The fraction of sp³-hybridized carbons (Fsp3) is 0.429. The zero-order valence-electron chi connectivity index (χ0n) is 10.9. The predicted octanol–water partition coefficient (Wildman–Crippen LogP) is 2.12. The molecule has 4 heteroatoms. The highest BCUT2D eigenvalue weighted by molar-refractivity contribution is 5.23. The highest BCUT2D eigenvalue weighted by Crippen LogP contribution is 2.10. The summed E-state index contributed by atoms with van der Waals surface area (Å²) >= 11 is 0. The molecular weight excluding hydrogens is 226 g/mol. The van der Waals surface area contributed by atoms with Gasteiger partial charge in [0.15, 0.2) is 0 Å². The van der Waals surface area contributed by atoms with Crippen molar-refractivity contribution >= 4 is 0 Å². The van der Waals surface area contributed by atoms with Crippen molar-refractivity contribution in [3.8, 4) is 0 Å². The number of nitrogens with zero attached hydrogens (tertiary/aromatic N) is 2. The van der Waals surface area contributed by atoms with Crippen molar-refractivity contribution < 1.29 is 4.42 Å². The summed E-state index contributed by atoms with van der Waals surface area (Å²) in [6.07, 6.45) is 1.49. The standard InChI is InChI=1S/C14H19N3O/c1-3-15-9-8-13-16-17-14(18-13)10-12-6-4-11(2)5-7-12/h4-7,15H,3,8-10H2,1-2H3. The Balaban J connectivity index is 1.91. The summed E-state index contributed by atoms with van der Waals surface area (Å²) < 4.78 is 5.60. The second-order valence-electron chi connectivity index (χ2n) is 4.36. The lowest BCUT2D eigenvalue weighted by Gasteiger charge is -1.98. The Morgan fingerprint density at radius 2 is 1.83 bits per heavy atom. The third-order valence-corrected chi connectivity index (χ3v) is 2.75. The summed E-state index contributed by atoms with van der Waals surface area (Å²) in [6.45, 7) is 6.00. The molecule has 0 saturated heterocycles. The number of benzene rings is 1. The van der Waals surface area contributed by atoms with Crippen molar-refractivity contribution in [2.24, 2.45) is 0 Å². The molecule has 0 unspecified atom stereocenters. The van der Waals surface area contributed by atoms with E-state index in [2.05, 4.69) is 53.6 Å². The van der Waals surface area contributed by atoms with E-state index in [0.717, 1.165) is 19.5 Å². The molecule has 0 aliphatic rings. The highest BCUT2D eigenvalue weighted by Gasteiger charge is 2.06. The van der Waals surface area contributed by atoms with Gasteiger partial charge in [-0.15, -0.1) is 10.2 Å².